The molecule has 1 N–H and O–H groups in total. The van der Waals surface area contributed by atoms with Crippen molar-refractivity contribution in [3.63, 3.8) is 0 Å². The molecule has 21 heavy (non-hydrogen) atoms. The second-order valence-corrected chi connectivity index (χ2v) is 5.57. The van der Waals surface area contributed by atoms with Gasteiger partial charge in [-0.05, 0) is 17.7 Å². The summed E-state index contributed by atoms with van der Waals surface area (Å²) < 4.78 is 83.8. The molecule has 0 saturated carbocycles. The van der Waals surface area contributed by atoms with Gasteiger partial charge in [-0.25, -0.2) is 4.39 Å². The van der Waals surface area contributed by atoms with E-state index in [1.165, 1.54) is 12.1 Å². The largest absolute Gasteiger partial charge is 0.451 e. The molecule has 10 heteroatoms. The summed E-state index contributed by atoms with van der Waals surface area (Å²) in [5.41, 5.74) is 0.0628. The van der Waals surface area contributed by atoms with Crippen LogP contribution in [0.3, 0.4) is 0 Å². The maximum atomic E-state index is 12.8. The number of hydrogen-bond donors (Lipinski definition) is 1. The number of halogens is 4. The molecule has 0 amide bonds. The highest BCUT2D eigenvalue weighted by molar-refractivity contribution is 7.85. The highest BCUT2D eigenvalue weighted by atomic mass is 32.2. The average Bonchev–Trinajstić information content (AvgIpc) is 2.24. The second-order valence-electron chi connectivity index (χ2n) is 4.08. The van der Waals surface area contributed by atoms with E-state index in [1.54, 1.807) is 0 Å². The molecule has 0 aliphatic heterocycles. The van der Waals surface area contributed by atoms with E-state index in [9.17, 15) is 30.8 Å². The number of hydrogen-bond acceptors (Lipinski definition) is 4. The number of carbonyl (C=O) groups is 1. The van der Waals surface area contributed by atoms with Crippen LogP contribution in [0, 0.1) is 5.82 Å². The first-order valence-electron chi connectivity index (χ1n) is 5.43. The van der Waals surface area contributed by atoms with Crippen LogP contribution in [0.2, 0.25) is 0 Å². The molecule has 1 atom stereocenters. The van der Waals surface area contributed by atoms with E-state index in [2.05, 4.69) is 4.74 Å². The maximum absolute atomic E-state index is 12.8. The van der Waals surface area contributed by atoms with Crippen molar-refractivity contribution in [2.75, 3.05) is 5.75 Å². The van der Waals surface area contributed by atoms with Crippen LogP contribution in [0.25, 0.3) is 0 Å². The first kappa shape index (κ1) is 17.4. The summed E-state index contributed by atoms with van der Waals surface area (Å²) in [6, 6.07) is 4.53. The van der Waals surface area contributed by atoms with Crippen LogP contribution in [0.1, 0.15) is 5.56 Å². The fraction of sp³-hybridized carbons (Fsp3) is 0.364. The topological polar surface area (TPSA) is 80.7 Å². The maximum Gasteiger partial charge on any atom is 0.426 e. The minimum Gasteiger partial charge on any atom is -0.451 e. The van der Waals surface area contributed by atoms with E-state index in [0.717, 1.165) is 12.1 Å². The van der Waals surface area contributed by atoms with Gasteiger partial charge < -0.3 is 4.74 Å². The average molecular weight is 330 g/mol. The summed E-state index contributed by atoms with van der Waals surface area (Å²) in [5.74, 6) is -3.89. The van der Waals surface area contributed by atoms with Crippen molar-refractivity contribution in [3.05, 3.63) is 35.6 Å². The molecule has 1 rings (SSSR count). The van der Waals surface area contributed by atoms with Crippen molar-refractivity contribution < 1.29 is 40.1 Å². The molecule has 5 nitrogen and oxygen atoms in total. The Bertz CT molecular complexity index is 611. The Labute approximate surface area is 117 Å². The molecule has 0 aromatic heterocycles. The number of alkyl halides is 3. The molecular weight excluding hydrogens is 320 g/mol. The number of rotatable bonds is 5. The van der Waals surface area contributed by atoms with Gasteiger partial charge in [0.15, 0.2) is 0 Å². The summed E-state index contributed by atoms with van der Waals surface area (Å²) in [7, 11) is -4.99. The molecule has 118 valence electrons. The molecular formula is C11H10F4O5S. The van der Waals surface area contributed by atoms with Gasteiger partial charge in [0.1, 0.15) is 11.6 Å². The summed E-state index contributed by atoms with van der Waals surface area (Å²) >= 11 is 0. The van der Waals surface area contributed by atoms with E-state index in [0.29, 0.717) is 0 Å². The minimum atomic E-state index is -5.16. The Kier molecular flexibility index (Phi) is 5.29. The zero-order valence-electron chi connectivity index (χ0n) is 10.3. The SMILES string of the molecule is O=C(Cc1cccc(F)c1)OC(CS(=O)(=O)O)C(F)(F)F. The van der Waals surface area contributed by atoms with Crippen LogP contribution in [0.15, 0.2) is 24.3 Å². The smallest absolute Gasteiger partial charge is 0.426 e. The van der Waals surface area contributed by atoms with Crippen molar-refractivity contribution >= 4 is 16.1 Å². The monoisotopic (exact) mass is 330 g/mol. The first-order valence-corrected chi connectivity index (χ1v) is 7.04. The summed E-state index contributed by atoms with van der Waals surface area (Å²) in [5, 5.41) is 0. The molecule has 1 unspecified atom stereocenters. The third-order valence-corrected chi connectivity index (χ3v) is 2.96. The lowest BCUT2D eigenvalue weighted by Crippen LogP contribution is -2.39. The fourth-order valence-electron chi connectivity index (χ4n) is 1.40. The van der Waals surface area contributed by atoms with E-state index in [1.807, 2.05) is 0 Å². The molecule has 1 aromatic rings. The zero-order valence-corrected chi connectivity index (χ0v) is 11.1. The van der Waals surface area contributed by atoms with Crippen LogP contribution >= 0.6 is 0 Å². The Morgan fingerprint density at radius 3 is 2.43 bits per heavy atom. The lowest BCUT2D eigenvalue weighted by molar-refractivity contribution is -0.214. The Hall–Kier alpha value is -1.68. The van der Waals surface area contributed by atoms with E-state index < -0.39 is 46.4 Å². The molecule has 0 heterocycles. The van der Waals surface area contributed by atoms with Gasteiger partial charge >= 0.3 is 12.1 Å². The van der Waals surface area contributed by atoms with Crippen LogP contribution in [-0.2, 0) is 26.1 Å². The van der Waals surface area contributed by atoms with Crippen LogP contribution < -0.4 is 0 Å². The van der Waals surface area contributed by atoms with Crippen molar-refractivity contribution in [2.45, 2.75) is 18.7 Å². The molecule has 0 saturated heterocycles. The van der Waals surface area contributed by atoms with Gasteiger partial charge in [-0.1, -0.05) is 12.1 Å². The molecule has 1 aromatic carbocycles. The molecule has 0 aliphatic carbocycles. The van der Waals surface area contributed by atoms with Crippen molar-refractivity contribution in [2.24, 2.45) is 0 Å². The summed E-state index contributed by atoms with van der Waals surface area (Å²) in [4.78, 5) is 11.3. The van der Waals surface area contributed by atoms with Crippen molar-refractivity contribution in [3.8, 4) is 0 Å². The number of ether oxygens (including phenoxy) is 1. The van der Waals surface area contributed by atoms with Gasteiger partial charge in [-0.2, -0.15) is 21.6 Å². The van der Waals surface area contributed by atoms with Crippen molar-refractivity contribution in [1.29, 1.82) is 0 Å². The molecule has 0 aliphatic rings. The number of esters is 1. The summed E-state index contributed by atoms with van der Waals surface area (Å²) in [6.07, 6.45) is -8.82. The highest BCUT2D eigenvalue weighted by Gasteiger charge is 2.45. The molecule has 0 radical (unpaired) electrons. The molecule has 0 bridgehead atoms. The fourth-order valence-corrected chi connectivity index (χ4v) is 2.04. The van der Waals surface area contributed by atoms with Crippen LogP contribution in [0.5, 0.6) is 0 Å². The third kappa shape index (κ3) is 6.54. The Morgan fingerprint density at radius 1 is 1.33 bits per heavy atom. The standard InChI is InChI=1S/C11H10F4O5S/c12-8-3-1-2-7(4-8)5-10(16)20-9(11(13,14)15)6-21(17,18)19/h1-4,9H,5-6H2,(H,17,18,19). The predicted octanol–water partition coefficient (Wildman–Crippen LogP) is 1.73. The summed E-state index contributed by atoms with van der Waals surface area (Å²) in [6.45, 7) is 0. The Balaban J connectivity index is 2.77. The molecule has 0 spiro atoms. The predicted molar refractivity (Wildman–Crippen MR) is 62.5 cm³/mol. The first-order chi connectivity index (χ1) is 9.47. The van der Waals surface area contributed by atoms with Gasteiger partial charge in [0, 0.05) is 0 Å². The van der Waals surface area contributed by atoms with E-state index in [-0.39, 0.29) is 5.56 Å². The lowest BCUT2D eigenvalue weighted by Gasteiger charge is -2.19. The Morgan fingerprint density at radius 2 is 1.95 bits per heavy atom. The third-order valence-electron chi connectivity index (χ3n) is 2.24. The zero-order chi connectivity index (χ0) is 16.3. The number of benzene rings is 1. The van der Waals surface area contributed by atoms with Crippen LogP contribution in [-0.4, -0.2) is 37.0 Å². The highest BCUT2D eigenvalue weighted by Crippen LogP contribution is 2.24. The lowest BCUT2D eigenvalue weighted by atomic mass is 10.1. The minimum absolute atomic E-state index is 0.0628. The van der Waals surface area contributed by atoms with E-state index >= 15 is 0 Å². The van der Waals surface area contributed by atoms with Crippen molar-refractivity contribution in [1.82, 2.24) is 0 Å². The van der Waals surface area contributed by atoms with Gasteiger partial charge in [0.2, 0.25) is 6.10 Å². The quantitative estimate of drug-likeness (QED) is 0.505. The van der Waals surface area contributed by atoms with Gasteiger partial charge in [-0.3, -0.25) is 9.35 Å². The van der Waals surface area contributed by atoms with Gasteiger partial charge in [0.05, 0.1) is 6.42 Å². The molecule has 0 fully saturated rings. The number of carbonyl (C=O) groups excluding carboxylic acids is 1. The van der Waals surface area contributed by atoms with E-state index in [4.69, 9.17) is 4.55 Å². The normalized spacial score (nSPS) is 13.8. The van der Waals surface area contributed by atoms with Gasteiger partial charge in [0.25, 0.3) is 10.1 Å². The van der Waals surface area contributed by atoms with Gasteiger partial charge in [-0.15, -0.1) is 0 Å². The van der Waals surface area contributed by atoms with Crippen LogP contribution in [0.4, 0.5) is 17.6 Å². The second kappa shape index (κ2) is 6.39.